The minimum absolute atomic E-state index is 0.0273. The van der Waals surface area contributed by atoms with Crippen molar-refractivity contribution in [2.24, 2.45) is 0 Å². The van der Waals surface area contributed by atoms with E-state index in [0.29, 0.717) is 19.3 Å². The first-order chi connectivity index (χ1) is 32.5. The highest BCUT2D eigenvalue weighted by atomic mass is 16.5. The smallest absolute Gasteiger partial charge is 0.306 e. The zero-order chi connectivity index (χ0) is 48.1. The summed E-state index contributed by atoms with van der Waals surface area (Å²) in [5, 5.41) is 23.8. The van der Waals surface area contributed by atoms with Gasteiger partial charge in [0.1, 0.15) is 6.10 Å². The highest BCUT2D eigenvalue weighted by Crippen LogP contribution is 2.17. The Morgan fingerprint density at radius 3 is 1.30 bits per heavy atom. The molecule has 0 aromatic heterocycles. The van der Waals surface area contributed by atoms with Crippen LogP contribution in [0, 0.1) is 0 Å². The van der Waals surface area contributed by atoms with Crippen molar-refractivity contribution >= 4 is 11.9 Å². The van der Waals surface area contributed by atoms with Crippen LogP contribution in [0.2, 0.25) is 0 Å². The summed E-state index contributed by atoms with van der Waals surface area (Å²) < 4.78 is 5.91. The lowest BCUT2D eigenvalue weighted by Crippen LogP contribution is -2.46. The third-order valence-corrected chi connectivity index (χ3v) is 12.2. The second-order valence-corrected chi connectivity index (χ2v) is 18.6. The van der Waals surface area contributed by atoms with Crippen molar-refractivity contribution in [1.29, 1.82) is 0 Å². The standard InChI is InChI=1S/C60H105NO5/c1-4-7-10-13-16-19-22-25-28-30-32-35-38-41-44-47-50-53-60(65)66-56(51-48-45-42-39-36-33-27-24-21-18-15-12-9-6-3)54-59(64)61-57(55-62)58(63)52-49-46-43-40-37-34-31-29-26-23-20-17-14-11-8-5-2/h9,12,16,18-19,21,25,27-28,32-33,35,39,42,56-58,62-63H,4-8,10-11,13-15,17,20,22-24,26,29-31,34,36-38,40-41,43-55H2,1-3H3,(H,61,64)/b12-9+,19-16-,21-18+,28-25-,33-27+,35-32-,42-39+. The van der Waals surface area contributed by atoms with Gasteiger partial charge in [-0.25, -0.2) is 0 Å². The summed E-state index contributed by atoms with van der Waals surface area (Å²) >= 11 is 0. The fraction of sp³-hybridized carbons (Fsp3) is 0.733. The second-order valence-electron chi connectivity index (χ2n) is 18.6. The van der Waals surface area contributed by atoms with Crippen LogP contribution >= 0.6 is 0 Å². The first kappa shape index (κ1) is 63.0. The summed E-state index contributed by atoms with van der Waals surface area (Å²) in [6.45, 7) is 6.33. The summed E-state index contributed by atoms with van der Waals surface area (Å²) in [6.07, 6.45) is 69.3. The van der Waals surface area contributed by atoms with Gasteiger partial charge in [0.05, 0.1) is 25.2 Å². The van der Waals surface area contributed by atoms with Crippen LogP contribution in [0.5, 0.6) is 0 Å². The molecule has 6 heteroatoms. The number of esters is 1. The summed E-state index contributed by atoms with van der Waals surface area (Å²) in [5.41, 5.74) is 0. The highest BCUT2D eigenvalue weighted by Gasteiger charge is 2.24. The molecule has 3 atom stereocenters. The average Bonchev–Trinajstić information content (AvgIpc) is 3.31. The van der Waals surface area contributed by atoms with E-state index in [2.05, 4.69) is 111 Å². The summed E-state index contributed by atoms with van der Waals surface area (Å²) in [6, 6.07) is -0.729. The minimum Gasteiger partial charge on any atom is -0.462 e. The molecule has 3 unspecified atom stereocenters. The van der Waals surface area contributed by atoms with E-state index in [0.717, 1.165) is 103 Å². The van der Waals surface area contributed by atoms with Gasteiger partial charge < -0.3 is 20.3 Å². The lowest BCUT2D eigenvalue weighted by atomic mass is 10.0. The zero-order valence-electron chi connectivity index (χ0n) is 43.3. The summed E-state index contributed by atoms with van der Waals surface area (Å²) in [4.78, 5) is 26.2. The summed E-state index contributed by atoms with van der Waals surface area (Å²) in [7, 11) is 0. The van der Waals surface area contributed by atoms with Gasteiger partial charge in [0.2, 0.25) is 5.91 Å². The maximum Gasteiger partial charge on any atom is 0.306 e. The van der Waals surface area contributed by atoms with Gasteiger partial charge in [0.25, 0.3) is 0 Å². The molecule has 0 heterocycles. The third-order valence-electron chi connectivity index (χ3n) is 12.2. The Labute approximate surface area is 408 Å². The quantitative estimate of drug-likeness (QED) is 0.0321. The van der Waals surface area contributed by atoms with Crippen molar-refractivity contribution in [2.75, 3.05) is 6.61 Å². The van der Waals surface area contributed by atoms with E-state index in [1.54, 1.807) is 0 Å². The van der Waals surface area contributed by atoms with Gasteiger partial charge >= 0.3 is 5.97 Å². The van der Waals surface area contributed by atoms with Gasteiger partial charge in [-0.05, 0) is 96.3 Å². The molecular formula is C60H105NO5. The second kappa shape index (κ2) is 53.0. The van der Waals surface area contributed by atoms with Crippen molar-refractivity contribution in [2.45, 2.75) is 277 Å². The van der Waals surface area contributed by atoms with Crippen LogP contribution in [0.3, 0.4) is 0 Å². The molecular weight excluding hydrogens is 815 g/mol. The number of allylic oxidation sites excluding steroid dienone is 14. The van der Waals surface area contributed by atoms with Gasteiger partial charge in [-0.1, -0.05) is 234 Å². The molecule has 0 fully saturated rings. The van der Waals surface area contributed by atoms with Gasteiger partial charge in [-0.15, -0.1) is 0 Å². The lowest BCUT2D eigenvalue weighted by Gasteiger charge is -2.24. The van der Waals surface area contributed by atoms with Crippen molar-refractivity contribution in [3.63, 3.8) is 0 Å². The molecule has 0 saturated heterocycles. The molecule has 3 N–H and O–H groups in total. The van der Waals surface area contributed by atoms with E-state index in [-0.39, 0.29) is 24.9 Å². The maximum atomic E-state index is 13.2. The Morgan fingerprint density at radius 2 is 0.833 bits per heavy atom. The molecule has 0 rings (SSSR count). The molecule has 0 aromatic carbocycles. The largest absolute Gasteiger partial charge is 0.462 e. The van der Waals surface area contributed by atoms with E-state index in [9.17, 15) is 19.8 Å². The molecule has 1 amide bonds. The molecule has 0 bridgehead atoms. The Kier molecular flexibility index (Phi) is 50.6. The number of hydrogen-bond acceptors (Lipinski definition) is 5. The number of amides is 1. The number of aliphatic hydroxyl groups is 2. The zero-order valence-corrected chi connectivity index (χ0v) is 43.3. The number of carbonyl (C=O) groups excluding carboxylic acids is 2. The van der Waals surface area contributed by atoms with Crippen molar-refractivity contribution in [3.8, 4) is 0 Å². The van der Waals surface area contributed by atoms with Crippen molar-refractivity contribution < 1.29 is 24.5 Å². The molecule has 380 valence electrons. The van der Waals surface area contributed by atoms with E-state index >= 15 is 0 Å². The number of carbonyl (C=O) groups is 2. The van der Waals surface area contributed by atoms with Gasteiger partial charge in [0.15, 0.2) is 0 Å². The normalized spacial score (nSPS) is 13.8. The molecule has 0 aromatic rings. The molecule has 66 heavy (non-hydrogen) atoms. The molecule has 0 aliphatic carbocycles. The van der Waals surface area contributed by atoms with E-state index in [1.165, 1.54) is 109 Å². The number of unbranched alkanes of at least 4 members (excludes halogenated alkanes) is 23. The SMILES string of the molecule is CC/C=C/C/C=C/C/C=C/C/C=C/CCCC(CC(=O)NC(CO)C(O)CCCCCCCCCCCCCCCCCC)OC(=O)CCCCCC/C=C\C/C=C\C/C=C\CCCCC. The number of hydrogen-bond donors (Lipinski definition) is 3. The maximum absolute atomic E-state index is 13.2. The van der Waals surface area contributed by atoms with Crippen LogP contribution in [-0.4, -0.2) is 46.9 Å². The fourth-order valence-electron chi connectivity index (χ4n) is 8.02. The minimum atomic E-state index is -0.811. The number of aliphatic hydroxyl groups excluding tert-OH is 2. The lowest BCUT2D eigenvalue weighted by molar-refractivity contribution is -0.151. The Morgan fingerprint density at radius 1 is 0.455 bits per heavy atom. The molecule has 0 spiro atoms. The monoisotopic (exact) mass is 920 g/mol. The Balaban J connectivity index is 4.66. The van der Waals surface area contributed by atoms with Crippen LogP contribution < -0.4 is 5.32 Å². The van der Waals surface area contributed by atoms with Gasteiger partial charge in [-0.3, -0.25) is 9.59 Å². The fourth-order valence-corrected chi connectivity index (χ4v) is 8.02. The van der Waals surface area contributed by atoms with E-state index in [4.69, 9.17) is 4.74 Å². The summed E-state index contributed by atoms with van der Waals surface area (Å²) in [5.74, 6) is -0.555. The van der Waals surface area contributed by atoms with Crippen LogP contribution in [0.1, 0.15) is 258 Å². The first-order valence-electron chi connectivity index (χ1n) is 27.8. The predicted molar refractivity (Wildman–Crippen MR) is 287 cm³/mol. The van der Waals surface area contributed by atoms with E-state index in [1.807, 2.05) is 0 Å². The number of rotatable bonds is 49. The van der Waals surface area contributed by atoms with Crippen molar-refractivity contribution in [3.05, 3.63) is 85.1 Å². The topological polar surface area (TPSA) is 95.9 Å². The Bertz CT molecular complexity index is 1260. The van der Waals surface area contributed by atoms with Crippen LogP contribution in [0.15, 0.2) is 85.1 Å². The van der Waals surface area contributed by atoms with E-state index < -0.39 is 18.2 Å². The molecule has 0 saturated carbocycles. The van der Waals surface area contributed by atoms with Crippen LogP contribution in [0.25, 0.3) is 0 Å². The number of ether oxygens (including phenoxy) is 1. The predicted octanol–water partition coefficient (Wildman–Crippen LogP) is 17.1. The van der Waals surface area contributed by atoms with Crippen LogP contribution in [-0.2, 0) is 14.3 Å². The molecule has 0 aliphatic heterocycles. The molecule has 0 aliphatic rings. The van der Waals surface area contributed by atoms with Gasteiger partial charge in [0, 0.05) is 6.42 Å². The highest BCUT2D eigenvalue weighted by molar-refractivity contribution is 5.77. The molecule has 0 radical (unpaired) electrons. The average molecular weight is 921 g/mol. The molecule has 6 nitrogen and oxygen atoms in total. The number of nitrogens with one attached hydrogen (secondary N) is 1. The Hall–Kier alpha value is -2.96. The van der Waals surface area contributed by atoms with Crippen molar-refractivity contribution in [1.82, 2.24) is 5.32 Å². The third kappa shape index (κ3) is 47.5. The van der Waals surface area contributed by atoms with Gasteiger partial charge in [-0.2, -0.15) is 0 Å². The van der Waals surface area contributed by atoms with Crippen LogP contribution in [0.4, 0.5) is 0 Å². The first-order valence-corrected chi connectivity index (χ1v) is 27.8.